The van der Waals surface area contributed by atoms with Crippen molar-refractivity contribution in [1.29, 1.82) is 0 Å². The predicted molar refractivity (Wildman–Crippen MR) is 48.5 cm³/mol. The summed E-state index contributed by atoms with van der Waals surface area (Å²) >= 11 is 4.72. The third-order valence-corrected chi connectivity index (χ3v) is 1.72. The van der Waals surface area contributed by atoms with Gasteiger partial charge in [0.25, 0.3) is 0 Å². The van der Waals surface area contributed by atoms with E-state index in [-0.39, 0.29) is 0 Å². The molecule has 9 heteroatoms. The van der Waals surface area contributed by atoms with E-state index in [1.807, 2.05) is 0 Å². The van der Waals surface area contributed by atoms with Crippen LogP contribution in [-0.4, -0.2) is 46.2 Å². The van der Waals surface area contributed by atoms with E-state index in [0.29, 0.717) is 24.6 Å². The quantitative estimate of drug-likeness (QED) is 0.631. The van der Waals surface area contributed by atoms with Crippen LogP contribution >= 0.6 is 12.2 Å². The van der Waals surface area contributed by atoms with E-state index in [4.69, 9.17) is 12.2 Å². The second-order valence-electron chi connectivity index (χ2n) is 2.45. The lowest BCUT2D eigenvalue weighted by Gasteiger charge is -1.96. The van der Waals surface area contributed by atoms with Crippen molar-refractivity contribution in [3.63, 3.8) is 0 Å². The summed E-state index contributed by atoms with van der Waals surface area (Å²) in [6.45, 7) is 0.391. The average Bonchev–Trinajstić information content (AvgIpc) is 2.80. The fourth-order valence-corrected chi connectivity index (χ4v) is 1.10. The number of aromatic amines is 1. The molecular weight excluding hydrogens is 204 g/mol. The number of tetrazole rings is 2. The Bertz CT molecular complexity index is 405. The van der Waals surface area contributed by atoms with Gasteiger partial charge in [-0.25, -0.2) is 4.68 Å². The van der Waals surface area contributed by atoms with Crippen LogP contribution in [0.15, 0.2) is 0 Å². The first-order valence-corrected chi connectivity index (χ1v) is 4.28. The van der Waals surface area contributed by atoms with E-state index in [0.717, 1.165) is 0 Å². The minimum atomic E-state index is 0.391. The summed E-state index contributed by atoms with van der Waals surface area (Å²) in [5.74, 6) is 1.22. The average molecular weight is 210 g/mol. The molecule has 2 aromatic rings. The van der Waals surface area contributed by atoms with Crippen LogP contribution in [0, 0.1) is 0 Å². The molecule has 0 aliphatic carbocycles. The number of hydrogen-bond donors (Lipinski definition) is 1. The minimum absolute atomic E-state index is 0.391. The highest BCUT2D eigenvalue weighted by molar-refractivity contribution is 7.78. The molecule has 1 N–H and O–H groups in total. The number of rotatable bonds is 4. The van der Waals surface area contributed by atoms with E-state index in [9.17, 15) is 0 Å². The molecule has 0 saturated carbocycles. The van der Waals surface area contributed by atoms with Crippen molar-refractivity contribution in [2.75, 3.05) is 0 Å². The summed E-state index contributed by atoms with van der Waals surface area (Å²) in [4.78, 5) is 0. The smallest absolute Gasteiger partial charge is 0.196 e. The Morgan fingerprint density at radius 2 is 2.36 bits per heavy atom. The first-order chi connectivity index (χ1) is 6.90. The third kappa shape index (κ3) is 1.76. The zero-order valence-electron chi connectivity index (χ0n) is 7.03. The van der Waals surface area contributed by atoms with Crippen molar-refractivity contribution in [1.82, 2.24) is 40.8 Å². The second-order valence-corrected chi connectivity index (χ2v) is 2.78. The highest BCUT2D eigenvalue weighted by Gasteiger charge is 2.07. The Morgan fingerprint density at radius 1 is 1.43 bits per heavy atom. The van der Waals surface area contributed by atoms with E-state index >= 15 is 0 Å². The van der Waals surface area contributed by atoms with Crippen LogP contribution in [0.5, 0.6) is 0 Å². The van der Waals surface area contributed by atoms with Crippen LogP contribution < -0.4 is 0 Å². The van der Waals surface area contributed by atoms with Crippen molar-refractivity contribution >= 4 is 17.6 Å². The molecule has 0 amide bonds. The summed E-state index contributed by atoms with van der Waals surface area (Å²) in [5, 5.41) is 26.1. The number of nitrogens with zero attached hydrogens (tertiary/aromatic N) is 7. The second kappa shape index (κ2) is 3.96. The fraction of sp³-hybridized carbons (Fsp3) is 0.400. The molecule has 2 aromatic heterocycles. The Hall–Kier alpha value is -1.77. The van der Waals surface area contributed by atoms with Gasteiger partial charge in [-0.3, -0.25) is 0 Å². The summed E-state index contributed by atoms with van der Waals surface area (Å²) in [5.41, 5.74) is 0. The molecule has 14 heavy (non-hydrogen) atoms. The van der Waals surface area contributed by atoms with Gasteiger partial charge in [0.15, 0.2) is 11.6 Å². The molecule has 0 unspecified atom stereocenters. The maximum atomic E-state index is 4.72. The van der Waals surface area contributed by atoms with Crippen molar-refractivity contribution in [2.45, 2.75) is 13.0 Å². The molecule has 0 radical (unpaired) electrons. The normalized spacial score (nSPS) is 10.3. The van der Waals surface area contributed by atoms with Gasteiger partial charge in [0.2, 0.25) is 0 Å². The van der Waals surface area contributed by atoms with Crippen molar-refractivity contribution in [3.8, 4) is 0 Å². The summed E-state index contributed by atoms with van der Waals surface area (Å²) in [7, 11) is 0. The Morgan fingerprint density at radius 3 is 3.07 bits per heavy atom. The van der Waals surface area contributed by atoms with Gasteiger partial charge in [0.05, 0.1) is 0 Å². The molecule has 2 heterocycles. The van der Waals surface area contributed by atoms with Crippen molar-refractivity contribution in [3.05, 3.63) is 11.6 Å². The van der Waals surface area contributed by atoms with E-state index in [1.165, 1.54) is 0 Å². The maximum absolute atomic E-state index is 4.72. The zero-order chi connectivity index (χ0) is 9.80. The summed E-state index contributed by atoms with van der Waals surface area (Å²) < 4.78 is 1.58. The lowest BCUT2D eigenvalue weighted by molar-refractivity contribution is 0.608. The molecule has 0 aliphatic rings. The van der Waals surface area contributed by atoms with Gasteiger partial charge < -0.3 is 0 Å². The molecule has 8 nitrogen and oxygen atoms in total. The van der Waals surface area contributed by atoms with E-state index in [1.54, 1.807) is 10.0 Å². The van der Waals surface area contributed by atoms with Crippen molar-refractivity contribution in [2.24, 2.45) is 0 Å². The number of thiocarbonyl (C=S) groups is 1. The van der Waals surface area contributed by atoms with Gasteiger partial charge in [-0.15, -0.1) is 15.3 Å². The Labute approximate surface area is 83.7 Å². The van der Waals surface area contributed by atoms with Gasteiger partial charge in [0, 0.05) is 6.42 Å². The van der Waals surface area contributed by atoms with Crippen LogP contribution in [0.3, 0.4) is 0 Å². The number of H-pyrrole nitrogens is 1. The van der Waals surface area contributed by atoms with E-state index < -0.39 is 0 Å². The highest BCUT2D eigenvalue weighted by Crippen LogP contribution is 1.95. The third-order valence-electron chi connectivity index (χ3n) is 1.55. The number of nitrogens with one attached hydrogen (secondary N) is 1. The van der Waals surface area contributed by atoms with Gasteiger partial charge in [-0.05, 0) is 15.8 Å². The first-order valence-electron chi connectivity index (χ1n) is 3.81. The maximum Gasteiger partial charge on any atom is 0.196 e. The van der Waals surface area contributed by atoms with Crippen LogP contribution in [0.2, 0.25) is 0 Å². The lowest BCUT2D eigenvalue weighted by atomic mass is 10.4. The lowest BCUT2D eigenvalue weighted by Crippen LogP contribution is -2.08. The largest absolute Gasteiger partial charge is 0.221 e. The predicted octanol–water partition coefficient (Wildman–Crippen LogP) is -1.22. The Balaban J connectivity index is 2.16. The van der Waals surface area contributed by atoms with E-state index in [2.05, 4.69) is 36.1 Å². The molecular formula is C5H6N8S. The first kappa shape index (κ1) is 8.81. The monoisotopic (exact) mass is 210 g/mol. The SMILES string of the molecule is S=CCc1nnnn1Cc1nn[nH]n1. The van der Waals surface area contributed by atoms with Gasteiger partial charge in [0.1, 0.15) is 6.54 Å². The van der Waals surface area contributed by atoms with Gasteiger partial charge in [-0.1, -0.05) is 17.4 Å². The van der Waals surface area contributed by atoms with Crippen LogP contribution in [0.4, 0.5) is 0 Å². The number of hydrogen-bond acceptors (Lipinski definition) is 7. The standard InChI is InChI=1S/C5H6N8S/c14-2-1-5-8-11-12-13(5)3-4-6-9-10-7-4/h2H,1,3H2,(H,6,7,9,10). The molecule has 0 aromatic carbocycles. The summed E-state index contributed by atoms with van der Waals surface area (Å²) in [6, 6.07) is 0. The molecule has 0 atom stereocenters. The van der Waals surface area contributed by atoms with Crippen molar-refractivity contribution < 1.29 is 0 Å². The molecule has 0 spiro atoms. The highest BCUT2D eigenvalue weighted by atomic mass is 32.1. The zero-order valence-corrected chi connectivity index (χ0v) is 7.85. The number of aromatic nitrogens is 8. The van der Waals surface area contributed by atoms with Crippen LogP contribution in [0.25, 0.3) is 0 Å². The van der Waals surface area contributed by atoms with Crippen LogP contribution in [-0.2, 0) is 13.0 Å². The fourth-order valence-electron chi connectivity index (χ4n) is 0.950. The molecule has 0 saturated heterocycles. The molecule has 0 bridgehead atoms. The topological polar surface area (TPSA) is 98.1 Å². The molecule has 72 valence electrons. The molecule has 0 aliphatic heterocycles. The Kier molecular flexibility index (Phi) is 2.49. The van der Waals surface area contributed by atoms with Gasteiger partial charge >= 0.3 is 0 Å². The molecule has 2 rings (SSSR count). The van der Waals surface area contributed by atoms with Crippen LogP contribution in [0.1, 0.15) is 11.6 Å². The molecule has 0 fully saturated rings. The van der Waals surface area contributed by atoms with Gasteiger partial charge in [-0.2, -0.15) is 5.21 Å². The summed E-state index contributed by atoms with van der Waals surface area (Å²) in [6.07, 6.45) is 0.542. The minimum Gasteiger partial charge on any atom is -0.221 e.